The van der Waals surface area contributed by atoms with Gasteiger partial charge in [0.05, 0.1) is 11.4 Å². The van der Waals surface area contributed by atoms with Crippen molar-refractivity contribution in [1.29, 1.82) is 0 Å². The minimum Gasteiger partial charge on any atom is -0.432 e. The van der Waals surface area contributed by atoms with Crippen molar-refractivity contribution in [2.75, 3.05) is 0 Å². The fraction of sp³-hybridized carbons (Fsp3) is 0.444. The Kier molecular flexibility index (Phi) is 5.14. The van der Waals surface area contributed by atoms with Crippen LogP contribution in [-0.2, 0) is 6.42 Å². The molecule has 0 fully saturated rings. The van der Waals surface area contributed by atoms with Crippen LogP contribution in [0.2, 0.25) is 18.1 Å². The molecule has 0 saturated heterocycles. The topological polar surface area (TPSA) is 46.0 Å². The lowest BCUT2D eigenvalue weighted by atomic mass is 9.99. The van der Waals surface area contributed by atoms with Crippen molar-refractivity contribution in [3.63, 3.8) is 0 Å². The largest absolute Gasteiger partial charge is 0.432 e. The summed E-state index contributed by atoms with van der Waals surface area (Å²) in [6.07, 6.45) is 6.67. The Bertz CT molecular complexity index is 606. The van der Waals surface area contributed by atoms with Crippen LogP contribution >= 0.6 is 0 Å². The maximum absolute atomic E-state index is 10.4. The standard InChI is InChI=1S/C18H26N2OSi/c1-18(2,22(3,4)21)12-7-9-15-10-8-14-20-17(15)16-11-5-6-13-19-16/h5-6,8,10-11,13-14,21H,7,9,12H2,1-4H3. The van der Waals surface area contributed by atoms with Crippen molar-refractivity contribution in [2.45, 2.75) is 51.2 Å². The van der Waals surface area contributed by atoms with E-state index in [4.69, 9.17) is 0 Å². The highest BCUT2D eigenvalue weighted by Crippen LogP contribution is 2.40. The zero-order valence-corrected chi connectivity index (χ0v) is 15.0. The highest BCUT2D eigenvalue weighted by atomic mass is 28.4. The molecule has 4 heteroatoms. The third-order valence-electron chi connectivity index (χ3n) is 4.70. The van der Waals surface area contributed by atoms with Crippen LogP contribution in [0.1, 0.15) is 32.3 Å². The second-order valence-electron chi connectivity index (χ2n) is 7.02. The van der Waals surface area contributed by atoms with Crippen molar-refractivity contribution in [3.8, 4) is 11.4 Å². The van der Waals surface area contributed by atoms with Gasteiger partial charge in [-0.05, 0) is 61.2 Å². The van der Waals surface area contributed by atoms with Gasteiger partial charge < -0.3 is 4.80 Å². The SMILES string of the molecule is CC(C)(CCCc1cccnc1-c1ccccn1)[Si](C)(C)O. The predicted octanol–water partition coefficient (Wildman–Crippen LogP) is 4.44. The van der Waals surface area contributed by atoms with Crippen LogP contribution in [-0.4, -0.2) is 23.1 Å². The van der Waals surface area contributed by atoms with Crippen LogP contribution in [0.5, 0.6) is 0 Å². The van der Waals surface area contributed by atoms with E-state index in [0.29, 0.717) is 0 Å². The number of hydrogen-bond acceptors (Lipinski definition) is 3. The summed E-state index contributed by atoms with van der Waals surface area (Å²) in [5, 5.41) is 0.0281. The molecule has 2 aromatic rings. The number of pyridine rings is 2. The molecule has 0 aliphatic heterocycles. The molecule has 2 aromatic heterocycles. The summed E-state index contributed by atoms with van der Waals surface area (Å²) in [7, 11) is -2.13. The van der Waals surface area contributed by atoms with Gasteiger partial charge in [-0.1, -0.05) is 26.0 Å². The fourth-order valence-corrected chi connectivity index (χ4v) is 3.19. The monoisotopic (exact) mass is 314 g/mol. The van der Waals surface area contributed by atoms with Gasteiger partial charge in [-0.25, -0.2) is 0 Å². The Morgan fingerprint density at radius 2 is 1.77 bits per heavy atom. The summed E-state index contributed by atoms with van der Waals surface area (Å²) in [5.41, 5.74) is 3.13. The molecular formula is C18H26N2OSi. The quantitative estimate of drug-likeness (QED) is 0.802. The first-order valence-electron chi connectivity index (χ1n) is 7.89. The molecule has 0 amide bonds. The van der Waals surface area contributed by atoms with E-state index in [-0.39, 0.29) is 5.04 Å². The summed E-state index contributed by atoms with van der Waals surface area (Å²) in [5.74, 6) is 0. The Hall–Kier alpha value is -1.52. The molecule has 0 aliphatic rings. The van der Waals surface area contributed by atoms with Crippen LogP contribution in [0.4, 0.5) is 0 Å². The van der Waals surface area contributed by atoms with Crippen LogP contribution < -0.4 is 0 Å². The molecule has 0 bridgehead atoms. The third-order valence-corrected chi connectivity index (χ3v) is 8.27. The smallest absolute Gasteiger partial charge is 0.188 e. The van der Waals surface area contributed by atoms with Gasteiger partial charge >= 0.3 is 0 Å². The summed E-state index contributed by atoms with van der Waals surface area (Å²) >= 11 is 0. The van der Waals surface area contributed by atoms with E-state index in [9.17, 15) is 4.80 Å². The minimum absolute atomic E-state index is 0.0281. The summed E-state index contributed by atoms with van der Waals surface area (Å²) < 4.78 is 0. The van der Waals surface area contributed by atoms with E-state index >= 15 is 0 Å². The molecule has 0 saturated carbocycles. The van der Waals surface area contributed by atoms with Crippen LogP contribution in [0.3, 0.4) is 0 Å². The lowest BCUT2D eigenvalue weighted by Gasteiger charge is -2.35. The maximum Gasteiger partial charge on any atom is 0.188 e. The van der Waals surface area contributed by atoms with Crippen LogP contribution in [0.15, 0.2) is 42.7 Å². The molecule has 0 atom stereocenters. The number of nitrogens with zero attached hydrogens (tertiary/aromatic N) is 2. The van der Waals surface area contributed by atoms with E-state index in [1.54, 1.807) is 6.20 Å². The summed E-state index contributed by atoms with van der Waals surface area (Å²) in [6, 6.07) is 10.0. The van der Waals surface area contributed by atoms with Crippen molar-refractivity contribution in [2.24, 2.45) is 0 Å². The molecule has 0 spiro atoms. The second-order valence-corrected chi connectivity index (χ2v) is 11.5. The van der Waals surface area contributed by atoms with E-state index < -0.39 is 8.32 Å². The van der Waals surface area contributed by atoms with E-state index in [2.05, 4.69) is 29.9 Å². The molecule has 118 valence electrons. The summed E-state index contributed by atoms with van der Waals surface area (Å²) in [6.45, 7) is 8.41. The highest BCUT2D eigenvalue weighted by Gasteiger charge is 2.37. The van der Waals surface area contributed by atoms with Gasteiger partial charge in [0.1, 0.15) is 0 Å². The molecular weight excluding hydrogens is 288 g/mol. The molecule has 0 aliphatic carbocycles. The first-order chi connectivity index (χ1) is 10.3. The Labute approximate surface area is 134 Å². The van der Waals surface area contributed by atoms with Crippen molar-refractivity contribution < 1.29 is 4.80 Å². The van der Waals surface area contributed by atoms with E-state index in [1.807, 2.05) is 43.6 Å². The molecule has 0 radical (unpaired) electrons. The van der Waals surface area contributed by atoms with E-state index in [1.165, 1.54) is 5.56 Å². The Morgan fingerprint density at radius 3 is 2.41 bits per heavy atom. The number of rotatable bonds is 6. The lowest BCUT2D eigenvalue weighted by molar-refractivity contribution is 0.443. The van der Waals surface area contributed by atoms with Gasteiger partial charge in [0.2, 0.25) is 0 Å². The molecule has 22 heavy (non-hydrogen) atoms. The van der Waals surface area contributed by atoms with E-state index in [0.717, 1.165) is 30.7 Å². The first kappa shape index (κ1) is 16.8. The zero-order chi connectivity index (χ0) is 16.2. The van der Waals surface area contributed by atoms with Gasteiger partial charge in [-0.3, -0.25) is 9.97 Å². The van der Waals surface area contributed by atoms with Crippen LogP contribution in [0.25, 0.3) is 11.4 Å². The van der Waals surface area contributed by atoms with Crippen molar-refractivity contribution >= 4 is 8.32 Å². The molecule has 2 rings (SSSR count). The number of aromatic nitrogens is 2. The molecule has 0 aromatic carbocycles. The zero-order valence-electron chi connectivity index (χ0n) is 14.0. The number of aryl methyl sites for hydroxylation is 1. The lowest BCUT2D eigenvalue weighted by Crippen LogP contribution is -2.38. The molecule has 0 unspecified atom stereocenters. The molecule has 3 nitrogen and oxygen atoms in total. The van der Waals surface area contributed by atoms with Gasteiger partial charge in [0.15, 0.2) is 8.32 Å². The Balaban J connectivity index is 2.09. The van der Waals surface area contributed by atoms with Crippen LogP contribution in [0, 0.1) is 0 Å². The maximum atomic E-state index is 10.4. The average molecular weight is 315 g/mol. The third kappa shape index (κ3) is 4.02. The fourth-order valence-electron chi connectivity index (χ4n) is 2.40. The normalized spacial score (nSPS) is 12.4. The number of hydrogen-bond donors (Lipinski definition) is 1. The second kappa shape index (κ2) is 6.71. The van der Waals surface area contributed by atoms with Crippen molar-refractivity contribution in [1.82, 2.24) is 9.97 Å². The van der Waals surface area contributed by atoms with Crippen molar-refractivity contribution in [3.05, 3.63) is 48.3 Å². The van der Waals surface area contributed by atoms with Gasteiger partial charge in [-0.15, -0.1) is 0 Å². The van der Waals surface area contributed by atoms with Gasteiger partial charge in [0, 0.05) is 12.4 Å². The predicted molar refractivity (Wildman–Crippen MR) is 94.1 cm³/mol. The first-order valence-corrected chi connectivity index (χ1v) is 10.8. The minimum atomic E-state index is -2.13. The van der Waals surface area contributed by atoms with Gasteiger partial charge in [0.25, 0.3) is 0 Å². The average Bonchev–Trinajstić information content (AvgIpc) is 2.47. The summed E-state index contributed by atoms with van der Waals surface area (Å²) in [4.78, 5) is 19.3. The van der Waals surface area contributed by atoms with Gasteiger partial charge in [-0.2, -0.15) is 0 Å². The Morgan fingerprint density at radius 1 is 1.05 bits per heavy atom. The molecule has 2 heterocycles. The molecule has 1 N–H and O–H groups in total. The highest BCUT2D eigenvalue weighted by molar-refractivity contribution is 6.72.